The van der Waals surface area contributed by atoms with Gasteiger partial charge in [-0.2, -0.15) is 0 Å². The zero-order valence-corrected chi connectivity index (χ0v) is 14.1. The Kier molecular flexibility index (Phi) is 5.30. The van der Waals surface area contributed by atoms with Gasteiger partial charge in [0.15, 0.2) is 0 Å². The molecule has 0 aliphatic heterocycles. The van der Waals surface area contributed by atoms with E-state index in [0.717, 1.165) is 17.0 Å². The molecular formula is C19H22N4O2. The monoisotopic (exact) mass is 338 g/mol. The van der Waals surface area contributed by atoms with Gasteiger partial charge >= 0.3 is 0 Å². The van der Waals surface area contributed by atoms with Crippen molar-refractivity contribution in [3.05, 3.63) is 66.1 Å². The number of amides is 1. The summed E-state index contributed by atoms with van der Waals surface area (Å²) in [5.74, 6) is -0.173. The molecule has 1 unspecified atom stereocenters. The van der Waals surface area contributed by atoms with Gasteiger partial charge in [0.2, 0.25) is 0 Å². The van der Waals surface area contributed by atoms with Gasteiger partial charge < -0.3 is 20.1 Å². The van der Waals surface area contributed by atoms with E-state index in [1.54, 1.807) is 12.1 Å². The van der Waals surface area contributed by atoms with Gasteiger partial charge in [0.05, 0.1) is 24.9 Å². The first-order chi connectivity index (χ1) is 12.2. The summed E-state index contributed by atoms with van der Waals surface area (Å²) in [6, 6.07) is 13.0. The average Bonchev–Trinajstić information content (AvgIpc) is 3.07. The minimum absolute atomic E-state index is 0.0547. The van der Waals surface area contributed by atoms with Crippen molar-refractivity contribution in [2.75, 3.05) is 11.9 Å². The van der Waals surface area contributed by atoms with Crippen molar-refractivity contribution in [1.29, 1.82) is 0 Å². The molecule has 0 spiro atoms. The molecule has 0 aliphatic rings. The zero-order chi connectivity index (χ0) is 17.6. The molecule has 25 heavy (non-hydrogen) atoms. The van der Waals surface area contributed by atoms with E-state index >= 15 is 0 Å². The first kappa shape index (κ1) is 17.0. The van der Waals surface area contributed by atoms with Crippen LogP contribution in [0.5, 0.6) is 0 Å². The predicted octanol–water partition coefficient (Wildman–Crippen LogP) is 2.45. The van der Waals surface area contributed by atoms with E-state index in [1.165, 1.54) is 0 Å². The molecule has 1 atom stereocenters. The summed E-state index contributed by atoms with van der Waals surface area (Å²) in [5.41, 5.74) is 3.36. The first-order valence-electron chi connectivity index (χ1n) is 8.38. The number of pyridine rings is 1. The van der Waals surface area contributed by atoms with E-state index in [0.29, 0.717) is 18.5 Å². The normalized spacial score (nSPS) is 12.1. The number of hydrogen-bond donors (Lipinski definition) is 3. The van der Waals surface area contributed by atoms with E-state index in [4.69, 9.17) is 5.11 Å². The minimum Gasteiger partial charge on any atom is -0.394 e. The number of anilines is 1. The Morgan fingerprint density at radius 3 is 2.72 bits per heavy atom. The summed E-state index contributed by atoms with van der Waals surface area (Å²) in [6.07, 6.45) is 4.65. The third-order valence-corrected chi connectivity index (χ3v) is 4.08. The van der Waals surface area contributed by atoms with Crippen LogP contribution in [0.25, 0.3) is 5.65 Å². The number of benzene rings is 1. The summed E-state index contributed by atoms with van der Waals surface area (Å²) >= 11 is 0. The highest BCUT2D eigenvalue weighted by atomic mass is 16.3. The predicted molar refractivity (Wildman–Crippen MR) is 97.6 cm³/mol. The second-order valence-corrected chi connectivity index (χ2v) is 5.89. The van der Waals surface area contributed by atoms with Gasteiger partial charge in [-0.15, -0.1) is 0 Å². The molecule has 0 saturated carbocycles. The molecule has 2 aromatic heterocycles. The van der Waals surface area contributed by atoms with Gasteiger partial charge in [-0.3, -0.25) is 4.79 Å². The van der Waals surface area contributed by atoms with Crippen LogP contribution >= 0.6 is 0 Å². The number of nitrogens with one attached hydrogen (secondary N) is 2. The quantitative estimate of drug-likeness (QED) is 0.618. The molecule has 0 fully saturated rings. The van der Waals surface area contributed by atoms with Gasteiger partial charge in [0.1, 0.15) is 5.65 Å². The van der Waals surface area contributed by atoms with Crippen LogP contribution in [-0.4, -0.2) is 33.0 Å². The maximum Gasteiger partial charge on any atom is 0.251 e. The fraction of sp³-hybridized carbons (Fsp3) is 0.263. The number of rotatable bonds is 7. The molecule has 1 amide bonds. The summed E-state index contributed by atoms with van der Waals surface area (Å²) in [4.78, 5) is 16.6. The molecule has 0 aliphatic carbocycles. The number of imidazole rings is 1. The third kappa shape index (κ3) is 4.16. The van der Waals surface area contributed by atoms with E-state index in [1.807, 2.05) is 54.0 Å². The number of hydrogen-bond acceptors (Lipinski definition) is 4. The number of carbonyl (C=O) groups is 1. The largest absolute Gasteiger partial charge is 0.394 e. The standard InChI is InChI=1S/C19H22N4O2/c1-2-15(13-24)22-19(25)14-6-8-16(9-7-14)20-11-17-12-23-10-4-3-5-18(23)21-17/h3-10,12,15,20,24H,2,11,13H2,1H3,(H,22,25). The second kappa shape index (κ2) is 7.81. The lowest BCUT2D eigenvalue weighted by Crippen LogP contribution is -2.36. The Morgan fingerprint density at radius 1 is 1.24 bits per heavy atom. The topological polar surface area (TPSA) is 78.7 Å². The van der Waals surface area contributed by atoms with Gasteiger partial charge in [0.25, 0.3) is 5.91 Å². The molecule has 0 saturated heterocycles. The molecule has 0 bridgehead atoms. The van der Waals surface area contributed by atoms with Crippen LogP contribution in [0.2, 0.25) is 0 Å². The van der Waals surface area contributed by atoms with Crippen LogP contribution < -0.4 is 10.6 Å². The van der Waals surface area contributed by atoms with Gasteiger partial charge in [0, 0.05) is 23.6 Å². The highest BCUT2D eigenvalue weighted by Gasteiger charge is 2.11. The van der Waals surface area contributed by atoms with Crippen LogP contribution in [0.3, 0.4) is 0 Å². The molecule has 6 nitrogen and oxygen atoms in total. The zero-order valence-electron chi connectivity index (χ0n) is 14.1. The second-order valence-electron chi connectivity index (χ2n) is 5.89. The molecule has 3 aromatic rings. The number of carbonyl (C=O) groups excluding carboxylic acids is 1. The van der Waals surface area contributed by atoms with E-state index in [-0.39, 0.29) is 18.6 Å². The van der Waals surface area contributed by atoms with Crippen LogP contribution in [0.15, 0.2) is 54.9 Å². The highest BCUT2D eigenvalue weighted by Crippen LogP contribution is 2.12. The Balaban J connectivity index is 1.59. The van der Waals surface area contributed by atoms with Crippen molar-refractivity contribution < 1.29 is 9.90 Å². The maximum absolute atomic E-state index is 12.1. The lowest BCUT2D eigenvalue weighted by atomic mass is 10.1. The van der Waals surface area contributed by atoms with E-state index < -0.39 is 0 Å². The number of nitrogens with zero attached hydrogens (tertiary/aromatic N) is 2. The fourth-order valence-corrected chi connectivity index (χ4v) is 2.55. The Labute approximate surface area is 146 Å². The number of aliphatic hydroxyl groups excluding tert-OH is 1. The summed E-state index contributed by atoms with van der Waals surface area (Å²) in [7, 11) is 0. The molecule has 6 heteroatoms. The fourth-order valence-electron chi connectivity index (χ4n) is 2.55. The van der Waals surface area contributed by atoms with Gasteiger partial charge in [-0.05, 0) is 42.8 Å². The van der Waals surface area contributed by atoms with Crippen LogP contribution in [0.4, 0.5) is 5.69 Å². The molecule has 3 N–H and O–H groups in total. The van der Waals surface area contributed by atoms with Gasteiger partial charge in [-0.1, -0.05) is 13.0 Å². The summed E-state index contributed by atoms with van der Waals surface area (Å²) in [5, 5.41) is 15.3. The average molecular weight is 338 g/mol. The molecule has 3 rings (SSSR count). The summed E-state index contributed by atoms with van der Waals surface area (Å²) < 4.78 is 1.98. The summed E-state index contributed by atoms with van der Waals surface area (Å²) in [6.45, 7) is 2.48. The number of aromatic nitrogens is 2. The van der Waals surface area contributed by atoms with Crippen molar-refractivity contribution in [1.82, 2.24) is 14.7 Å². The third-order valence-electron chi connectivity index (χ3n) is 4.08. The SMILES string of the molecule is CCC(CO)NC(=O)c1ccc(NCc2cn3ccccc3n2)cc1. The smallest absolute Gasteiger partial charge is 0.251 e. The number of aliphatic hydroxyl groups is 1. The Morgan fingerprint density at radius 2 is 2.04 bits per heavy atom. The van der Waals surface area contributed by atoms with Crippen molar-refractivity contribution in [3.8, 4) is 0 Å². The number of fused-ring (bicyclic) bond motifs is 1. The van der Waals surface area contributed by atoms with Crippen molar-refractivity contribution >= 4 is 17.2 Å². The molecule has 130 valence electrons. The molecule has 2 heterocycles. The van der Waals surface area contributed by atoms with Crippen molar-refractivity contribution in [3.63, 3.8) is 0 Å². The van der Waals surface area contributed by atoms with Crippen LogP contribution in [0.1, 0.15) is 29.4 Å². The first-order valence-corrected chi connectivity index (χ1v) is 8.38. The minimum atomic E-state index is -0.208. The van der Waals surface area contributed by atoms with E-state index in [2.05, 4.69) is 15.6 Å². The Hall–Kier alpha value is -2.86. The van der Waals surface area contributed by atoms with E-state index in [9.17, 15) is 4.79 Å². The van der Waals surface area contributed by atoms with Crippen molar-refractivity contribution in [2.24, 2.45) is 0 Å². The highest BCUT2D eigenvalue weighted by molar-refractivity contribution is 5.94. The maximum atomic E-state index is 12.1. The van der Waals surface area contributed by atoms with Crippen LogP contribution in [-0.2, 0) is 6.54 Å². The van der Waals surface area contributed by atoms with Gasteiger partial charge in [-0.25, -0.2) is 4.98 Å². The lowest BCUT2D eigenvalue weighted by molar-refractivity contribution is 0.0915. The lowest BCUT2D eigenvalue weighted by Gasteiger charge is -2.14. The Bertz CT molecular complexity index is 805. The van der Waals surface area contributed by atoms with Crippen LogP contribution in [0, 0.1) is 0 Å². The molecule has 0 radical (unpaired) electrons. The molecule has 1 aromatic carbocycles. The van der Waals surface area contributed by atoms with Crippen molar-refractivity contribution in [2.45, 2.75) is 25.9 Å². The molecular weight excluding hydrogens is 316 g/mol.